The minimum absolute atomic E-state index is 0.187. The van der Waals surface area contributed by atoms with Crippen molar-refractivity contribution in [2.24, 2.45) is 5.73 Å². The normalized spacial score (nSPS) is 13.3. The van der Waals surface area contributed by atoms with Crippen molar-refractivity contribution in [2.45, 2.75) is 31.7 Å². The Kier molecular flexibility index (Phi) is 4.43. The molecular formula is C17H20BrN. The van der Waals surface area contributed by atoms with Crippen molar-refractivity contribution in [1.82, 2.24) is 0 Å². The molecule has 0 aromatic heterocycles. The first-order valence-corrected chi connectivity index (χ1v) is 7.34. The van der Waals surface area contributed by atoms with E-state index in [1.807, 2.05) is 0 Å². The van der Waals surface area contributed by atoms with Gasteiger partial charge in [-0.3, -0.25) is 0 Å². The Balaban J connectivity index is 2.37. The van der Waals surface area contributed by atoms with E-state index in [1.165, 1.54) is 11.1 Å². The lowest BCUT2D eigenvalue weighted by Crippen LogP contribution is -2.34. The topological polar surface area (TPSA) is 26.0 Å². The molecule has 0 aliphatic heterocycles. The third kappa shape index (κ3) is 4.19. The van der Waals surface area contributed by atoms with Crippen LogP contribution in [0, 0.1) is 0 Å². The largest absolute Gasteiger partial charge is 0.326 e. The Morgan fingerprint density at radius 3 is 2.00 bits per heavy atom. The highest BCUT2D eigenvalue weighted by molar-refractivity contribution is 9.10. The fourth-order valence-corrected chi connectivity index (χ4v) is 2.60. The summed E-state index contributed by atoms with van der Waals surface area (Å²) in [7, 11) is 0. The molecule has 0 fully saturated rings. The van der Waals surface area contributed by atoms with Crippen LogP contribution in [0.25, 0.3) is 0 Å². The van der Waals surface area contributed by atoms with Crippen LogP contribution in [-0.4, -0.2) is 5.54 Å². The van der Waals surface area contributed by atoms with Crippen LogP contribution in [0.4, 0.5) is 0 Å². The first-order chi connectivity index (χ1) is 8.96. The minimum atomic E-state index is -0.187. The van der Waals surface area contributed by atoms with E-state index in [1.54, 1.807) is 0 Å². The second-order valence-electron chi connectivity index (χ2n) is 5.71. The van der Waals surface area contributed by atoms with Crippen LogP contribution in [0.1, 0.15) is 37.3 Å². The van der Waals surface area contributed by atoms with Gasteiger partial charge in [-0.05, 0) is 43.5 Å². The zero-order valence-corrected chi connectivity index (χ0v) is 13.0. The van der Waals surface area contributed by atoms with Crippen LogP contribution in [-0.2, 0) is 0 Å². The first kappa shape index (κ1) is 14.3. The predicted molar refractivity (Wildman–Crippen MR) is 85.3 cm³/mol. The van der Waals surface area contributed by atoms with Gasteiger partial charge < -0.3 is 5.73 Å². The highest BCUT2D eigenvalue weighted by atomic mass is 79.9. The van der Waals surface area contributed by atoms with Crippen molar-refractivity contribution in [3.8, 4) is 0 Å². The third-order valence-corrected chi connectivity index (χ3v) is 3.73. The van der Waals surface area contributed by atoms with Crippen molar-refractivity contribution >= 4 is 15.9 Å². The molecule has 0 radical (unpaired) electrons. The molecule has 0 heterocycles. The van der Waals surface area contributed by atoms with Gasteiger partial charge in [0.05, 0.1) is 0 Å². The SMILES string of the molecule is CC(C)(N)CC(c1ccccc1)c1ccc(Br)cc1. The highest BCUT2D eigenvalue weighted by Crippen LogP contribution is 2.32. The second kappa shape index (κ2) is 5.89. The lowest BCUT2D eigenvalue weighted by atomic mass is 9.82. The maximum Gasteiger partial charge on any atom is 0.0175 e. The molecule has 2 aromatic rings. The molecule has 0 aliphatic rings. The van der Waals surface area contributed by atoms with Crippen molar-refractivity contribution < 1.29 is 0 Å². The van der Waals surface area contributed by atoms with E-state index >= 15 is 0 Å². The van der Waals surface area contributed by atoms with E-state index in [-0.39, 0.29) is 5.54 Å². The van der Waals surface area contributed by atoms with Crippen molar-refractivity contribution in [3.05, 3.63) is 70.2 Å². The Morgan fingerprint density at radius 2 is 1.47 bits per heavy atom. The number of halogens is 1. The van der Waals surface area contributed by atoms with Crippen molar-refractivity contribution in [2.75, 3.05) is 0 Å². The van der Waals surface area contributed by atoms with Gasteiger partial charge in [-0.25, -0.2) is 0 Å². The summed E-state index contributed by atoms with van der Waals surface area (Å²) >= 11 is 3.49. The average Bonchev–Trinajstić information content (AvgIpc) is 2.37. The van der Waals surface area contributed by atoms with Gasteiger partial charge in [0.25, 0.3) is 0 Å². The number of nitrogens with two attached hydrogens (primary N) is 1. The number of hydrogen-bond donors (Lipinski definition) is 1. The average molecular weight is 318 g/mol. The molecule has 2 aromatic carbocycles. The van der Waals surface area contributed by atoms with Gasteiger partial charge in [-0.1, -0.05) is 58.4 Å². The molecule has 1 unspecified atom stereocenters. The fraction of sp³-hybridized carbons (Fsp3) is 0.294. The molecular weight excluding hydrogens is 298 g/mol. The summed E-state index contributed by atoms with van der Waals surface area (Å²) < 4.78 is 1.11. The van der Waals surface area contributed by atoms with Gasteiger partial charge in [0.2, 0.25) is 0 Å². The quantitative estimate of drug-likeness (QED) is 0.868. The second-order valence-corrected chi connectivity index (χ2v) is 6.62. The third-order valence-electron chi connectivity index (χ3n) is 3.20. The molecule has 2 heteroatoms. The number of hydrogen-bond acceptors (Lipinski definition) is 1. The smallest absolute Gasteiger partial charge is 0.0175 e. The Bertz CT molecular complexity index is 511. The van der Waals surface area contributed by atoms with Crippen LogP contribution < -0.4 is 5.73 Å². The van der Waals surface area contributed by atoms with Gasteiger partial charge in [0, 0.05) is 15.9 Å². The van der Waals surface area contributed by atoms with E-state index < -0.39 is 0 Å². The maximum absolute atomic E-state index is 6.23. The minimum Gasteiger partial charge on any atom is -0.326 e. The predicted octanol–water partition coefficient (Wildman–Crippen LogP) is 4.71. The van der Waals surface area contributed by atoms with Crippen molar-refractivity contribution in [1.29, 1.82) is 0 Å². The Hall–Kier alpha value is -1.12. The Labute approximate surface area is 124 Å². The summed E-state index contributed by atoms with van der Waals surface area (Å²) in [5.74, 6) is 0.342. The molecule has 0 amide bonds. The Morgan fingerprint density at radius 1 is 0.947 bits per heavy atom. The zero-order chi connectivity index (χ0) is 13.9. The fourth-order valence-electron chi connectivity index (χ4n) is 2.33. The van der Waals surface area contributed by atoms with Crippen LogP contribution in [0.2, 0.25) is 0 Å². The molecule has 100 valence electrons. The molecule has 1 atom stereocenters. The molecule has 1 nitrogen and oxygen atoms in total. The monoisotopic (exact) mass is 317 g/mol. The number of rotatable bonds is 4. The zero-order valence-electron chi connectivity index (χ0n) is 11.4. The summed E-state index contributed by atoms with van der Waals surface area (Å²) in [5, 5.41) is 0. The molecule has 0 spiro atoms. The summed E-state index contributed by atoms with van der Waals surface area (Å²) in [6.45, 7) is 4.17. The standard InChI is InChI=1S/C17H20BrN/c1-17(2,19)12-16(13-6-4-3-5-7-13)14-8-10-15(18)11-9-14/h3-11,16H,12,19H2,1-2H3. The lowest BCUT2D eigenvalue weighted by molar-refractivity contribution is 0.449. The van der Waals surface area contributed by atoms with Gasteiger partial charge in [-0.15, -0.1) is 0 Å². The summed E-state index contributed by atoms with van der Waals surface area (Å²) in [6, 6.07) is 19.1. The number of benzene rings is 2. The summed E-state index contributed by atoms with van der Waals surface area (Å²) in [6.07, 6.45) is 0.929. The highest BCUT2D eigenvalue weighted by Gasteiger charge is 2.22. The van der Waals surface area contributed by atoms with E-state index in [4.69, 9.17) is 5.73 Å². The van der Waals surface area contributed by atoms with Gasteiger partial charge in [0.15, 0.2) is 0 Å². The van der Waals surface area contributed by atoms with Crippen LogP contribution in [0.15, 0.2) is 59.1 Å². The van der Waals surface area contributed by atoms with Crippen LogP contribution >= 0.6 is 15.9 Å². The molecule has 2 N–H and O–H groups in total. The first-order valence-electron chi connectivity index (χ1n) is 6.55. The van der Waals surface area contributed by atoms with E-state index in [9.17, 15) is 0 Å². The van der Waals surface area contributed by atoms with Crippen molar-refractivity contribution in [3.63, 3.8) is 0 Å². The molecule has 2 rings (SSSR count). The lowest BCUT2D eigenvalue weighted by Gasteiger charge is -2.27. The molecule has 19 heavy (non-hydrogen) atoms. The molecule has 0 saturated heterocycles. The summed E-state index contributed by atoms with van der Waals surface area (Å²) in [4.78, 5) is 0. The van der Waals surface area contributed by atoms with Gasteiger partial charge in [-0.2, -0.15) is 0 Å². The maximum atomic E-state index is 6.23. The summed E-state index contributed by atoms with van der Waals surface area (Å²) in [5.41, 5.74) is 8.68. The molecule has 0 saturated carbocycles. The van der Waals surface area contributed by atoms with Crippen LogP contribution in [0.3, 0.4) is 0 Å². The van der Waals surface area contributed by atoms with E-state index in [0.717, 1.165) is 10.9 Å². The van der Waals surface area contributed by atoms with Crippen LogP contribution in [0.5, 0.6) is 0 Å². The molecule has 0 aliphatic carbocycles. The van der Waals surface area contributed by atoms with E-state index in [0.29, 0.717) is 5.92 Å². The van der Waals surface area contributed by atoms with E-state index in [2.05, 4.69) is 84.4 Å². The van der Waals surface area contributed by atoms with Gasteiger partial charge in [0.1, 0.15) is 0 Å². The molecule has 0 bridgehead atoms. The van der Waals surface area contributed by atoms with Gasteiger partial charge >= 0.3 is 0 Å².